The molecule has 0 aliphatic heterocycles. The minimum Gasteiger partial charge on any atom is -0.497 e. The molecule has 3 heteroatoms. The zero-order valence-corrected chi connectivity index (χ0v) is 10.3. The Balaban J connectivity index is 2.96. The molecule has 1 rings (SSSR count). The Kier molecular flexibility index (Phi) is 3.70. The van der Waals surface area contributed by atoms with Gasteiger partial charge in [0.2, 0.25) is 0 Å². The van der Waals surface area contributed by atoms with Crippen molar-refractivity contribution in [3.05, 3.63) is 29.8 Å². The van der Waals surface area contributed by atoms with Crippen molar-refractivity contribution < 1.29 is 9.53 Å². The van der Waals surface area contributed by atoms with E-state index in [1.54, 1.807) is 31.4 Å². The summed E-state index contributed by atoms with van der Waals surface area (Å²) in [6.45, 7) is 5.86. The minimum atomic E-state index is -0.500. The molecule has 3 nitrogen and oxygen atoms in total. The second kappa shape index (κ2) is 4.66. The van der Waals surface area contributed by atoms with E-state index in [1.165, 1.54) is 0 Å². The summed E-state index contributed by atoms with van der Waals surface area (Å²) in [6.07, 6.45) is 0. The summed E-state index contributed by atoms with van der Waals surface area (Å²) in [4.78, 5) is 12.1. The average molecular weight is 221 g/mol. The summed E-state index contributed by atoms with van der Waals surface area (Å²) in [5.74, 6) is 0.623. The van der Waals surface area contributed by atoms with Crippen LogP contribution in [0.5, 0.6) is 5.75 Å². The Morgan fingerprint density at radius 2 is 2.00 bits per heavy atom. The first kappa shape index (κ1) is 12.7. The highest BCUT2D eigenvalue weighted by atomic mass is 16.5. The van der Waals surface area contributed by atoms with Crippen molar-refractivity contribution in [1.82, 2.24) is 0 Å². The van der Waals surface area contributed by atoms with Crippen LogP contribution in [-0.2, 0) is 0 Å². The highest BCUT2D eigenvalue weighted by Crippen LogP contribution is 2.22. The number of ether oxygens (including phenoxy) is 1. The van der Waals surface area contributed by atoms with Gasteiger partial charge in [0.25, 0.3) is 0 Å². The molecule has 1 unspecified atom stereocenters. The molecule has 0 fully saturated rings. The van der Waals surface area contributed by atoms with Crippen molar-refractivity contribution >= 4 is 5.78 Å². The lowest BCUT2D eigenvalue weighted by Gasteiger charge is -2.25. The van der Waals surface area contributed by atoms with Crippen LogP contribution in [0.3, 0.4) is 0 Å². The molecule has 2 N–H and O–H groups in total. The first-order valence-electron chi connectivity index (χ1n) is 5.30. The fourth-order valence-electron chi connectivity index (χ4n) is 1.35. The van der Waals surface area contributed by atoms with Gasteiger partial charge in [0.1, 0.15) is 5.75 Å². The molecular weight excluding hydrogens is 202 g/mol. The van der Waals surface area contributed by atoms with E-state index in [9.17, 15) is 4.79 Å². The molecule has 0 spiro atoms. The van der Waals surface area contributed by atoms with Gasteiger partial charge in [-0.05, 0) is 17.5 Å². The van der Waals surface area contributed by atoms with Gasteiger partial charge in [-0.2, -0.15) is 0 Å². The van der Waals surface area contributed by atoms with Crippen LogP contribution in [-0.4, -0.2) is 18.9 Å². The number of Topliss-reactive ketones (excluding diaryl/α,β-unsaturated/α-hetero) is 1. The van der Waals surface area contributed by atoms with Crippen molar-refractivity contribution in [2.75, 3.05) is 7.11 Å². The Bertz CT molecular complexity index is 380. The molecule has 1 atom stereocenters. The SMILES string of the molecule is COc1cccc(C(=O)C(N)C(C)(C)C)c1. The molecule has 16 heavy (non-hydrogen) atoms. The van der Waals surface area contributed by atoms with Gasteiger partial charge in [-0.3, -0.25) is 4.79 Å². The van der Waals surface area contributed by atoms with E-state index in [1.807, 2.05) is 20.8 Å². The third-order valence-electron chi connectivity index (χ3n) is 2.57. The van der Waals surface area contributed by atoms with E-state index < -0.39 is 6.04 Å². The number of benzene rings is 1. The van der Waals surface area contributed by atoms with Crippen LogP contribution >= 0.6 is 0 Å². The Labute approximate surface area is 96.6 Å². The number of nitrogens with two attached hydrogens (primary N) is 1. The van der Waals surface area contributed by atoms with E-state index in [0.29, 0.717) is 11.3 Å². The van der Waals surface area contributed by atoms with Crippen molar-refractivity contribution in [2.24, 2.45) is 11.1 Å². The number of carbonyl (C=O) groups excluding carboxylic acids is 1. The molecule has 0 amide bonds. The van der Waals surface area contributed by atoms with Crippen molar-refractivity contribution in [2.45, 2.75) is 26.8 Å². The fourth-order valence-corrected chi connectivity index (χ4v) is 1.35. The molecule has 88 valence electrons. The Morgan fingerprint density at radius 3 is 2.50 bits per heavy atom. The third kappa shape index (κ3) is 2.83. The van der Waals surface area contributed by atoms with Gasteiger partial charge >= 0.3 is 0 Å². The van der Waals surface area contributed by atoms with E-state index in [4.69, 9.17) is 10.5 Å². The molecule has 0 heterocycles. The summed E-state index contributed by atoms with van der Waals surface area (Å²) in [7, 11) is 1.58. The lowest BCUT2D eigenvalue weighted by atomic mass is 9.83. The Morgan fingerprint density at radius 1 is 1.38 bits per heavy atom. The molecule has 0 aliphatic carbocycles. The van der Waals surface area contributed by atoms with Crippen molar-refractivity contribution in [3.63, 3.8) is 0 Å². The number of ketones is 1. The number of hydrogen-bond acceptors (Lipinski definition) is 3. The molecule has 0 aliphatic rings. The third-order valence-corrected chi connectivity index (χ3v) is 2.57. The van der Waals surface area contributed by atoms with Crippen LogP contribution in [0, 0.1) is 5.41 Å². The highest BCUT2D eigenvalue weighted by molar-refractivity contribution is 6.00. The maximum absolute atomic E-state index is 12.1. The second-order valence-corrected chi connectivity index (χ2v) is 4.94. The molecular formula is C13H19NO2. The van der Waals surface area contributed by atoms with Crippen LogP contribution in [0.15, 0.2) is 24.3 Å². The summed E-state index contributed by atoms with van der Waals surface area (Å²) in [6, 6.07) is 6.57. The van der Waals surface area contributed by atoms with Crippen LogP contribution in [0.2, 0.25) is 0 Å². The summed E-state index contributed by atoms with van der Waals surface area (Å²) in [5.41, 5.74) is 6.29. The average Bonchev–Trinajstić information content (AvgIpc) is 2.26. The van der Waals surface area contributed by atoms with Crippen LogP contribution < -0.4 is 10.5 Å². The predicted molar refractivity (Wildman–Crippen MR) is 64.8 cm³/mol. The van der Waals surface area contributed by atoms with Crippen LogP contribution in [0.25, 0.3) is 0 Å². The van der Waals surface area contributed by atoms with E-state index in [2.05, 4.69) is 0 Å². The lowest BCUT2D eigenvalue weighted by Crippen LogP contribution is -2.42. The molecule has 0 saturated heterocycles. The number of hydrogen-bond donors (Lipinski definition) is 1. The molecule has 0 saturated carbocycles. The molecule has 0 aromatic heterocycles. The van der Waals surface area contributed by atoms with Crippen molar-refractivity contribution in [1.29, 1.82) is 0 Å². The Hall–Kier alpha value is -1.35. The zero-order valence-electron chi connectivity index (χ0n) is 10.3. The smallest absolute Gasteiger partial charge is 0.180 e. The summed E-state index contributed by atoms with van der Waals surface area (Å²) >= 11 is 0. The topological polar surface area (TPSA) is 52.3 Å². The van der Waals surface area contributed by atoms with Gasteiger partial charge in [0, 0.05) is 5.56 Å². The van der Waals surface area contributed by atoms with Crippen LogP contribution in [0.4, 0.5) is 0 Å². The first-order chi connectivity index (χ1) is 7.36. The highest BCUT2D eigenvalue weighted by Gasteiger charge is 2.28. The molecule has 1 aromatic carbocycles. The monoisotopic (exact) mass is 221 g/mol. The molecule has 0 bridgehead atoms. The van der Waals surface area contributed by atoms with E-state index in [-0.39, 0.29) is 11.2 Å². The summed E-state index contributed by atoms with van der Waals surface area (Å²) in [5, 5.41) is 0. The summed E-state index contributed by atoms with van der Waals surface area (Å²) < 4.78 is 5.08. The van der Waals surface area contributed by atoms with E-state index >= 15 is 0 Å². The van der Waals surface area contributed by atoms with Gasteiger partial charge in [-0.15, -0.1) is 0 Å². The lowest BCUT2D eigenvalue weighted by molar-refractivity contribution is 0.0901. The van der Waals surface area contributed by atoms with Gasteiger partial charge in [0.15, 0.2) is 5.78 Å². The van der Waals surface area contributed by atoms with Crippen LogP contribution in [0.1, 0.15) is 31.1 Å². The first-order valence-corrected chi connectivity index (χ1v) is 5.30. The normalized spacial score (nSPS) is 13.3. The van der Waals surface area contributed by atoms with Crippen molar-refractivity contribution in [3.8, 4) is 5.75 Å². The standard InChI is InChI=1S/C13H19NO2/c1-13(2,3)12(14)11(15)9-6-5-7-10(8-9)16-4/h5-8,12H,14H2,1-4H3. The number of methoxy groups -OCH3 is 1. The quantitative estimate of drug-likeness (QED) is 0.796. The number of rotatable bonds is 3. The number of carbonyl (C=O) groups is 1. The zero-order chi connectivity index (χ0) is 12.3. The molecule has 0 radical (unpaired) electrons. The minimum absolute atomic E-state index is 0.0496. The van der Waals surface area contributed by atoms with Gasteiger partial charge in [0.05, 0.1) is 13.2 Å². The van der Waals surface area contributed by atoms with E-state index in [0.717, 1.165) is 0 Å². The fraction of sp³-hybridized carbons (Fsp3) is 0.462. The second-order valence-electron chi connectivity index (χ2n) is 4.94. The largest absolute Gasteiger partial charge is 0.497 e. The van der Waals surface area contributed by atoms with Gasteiger partial charge in [-0.1, -0.05) is 32.9 Å². The maximum Gasteiger partial charge on any atom is 0.180 e. The predicted octanol–water partition coefficient (Wildman–Crippen LogP) is 2.25. The van der Waals surface area contributed by atoms with Gasteiger partial charge < -0.3 is 10.5 Å². The molecule has 1 aromatic rings. The maximum atomic E-state index is 12.1. The van der Waals surface area contributed by atoms with Gasteiger partial charge in [-0.25, -0.2) is 0 Å².